The van der Waals surface area contributed by atoms with E-state index in [9.17, 15) is 0 Å². The topological polar surface area (TPSA) is 45.5 Å². The van der Waals surface area contributed by atoms with Crippen LogP contribution in [0.15, 0.2) is 41.7 Å². The number of para-hydroxylation sites is 1. The van der Waals surface area contributed by atoms with Crippen LogP contribution in [0.5, 0.6) is 0 Å². The molecule has 118 valence electrons. The van der Waals surface area contributed by atoms with Gasteiger partial charge in [-0.25, -0.2) is 0 Å². The smallest absolute Gasteiger partial charge is 0.198 e. The molecule has 0 amide bonds. The summed E-state index contributed by atoms with van der Waals surface area (Å²) in [5.74, 6) is 0.948. The first-order valence-electron chi connectivity index (χ1n) is 7.31. The van der Waals surface area contributed by atoms with E-state index in [1.807, 2.05) is 25.0 Å². The first kappa shape index (κ1) is 16.8. The number of guanidine groups is 1. The zero-order valence-corrected chi connectivity index (χ0v) is 15.3. The molecule has 1 N–H and O–H groups in total. The molecule has 0 bridgehead atoms. The highest BCUT2D eigenvalue weighted by molar-refractivity contribution is 14.0. The fraction of sp³-hybridized carbons (Fsp3) is 0.375. The van der Waals surface area contributed by atoms with Gasteiger partial charge in [0.2, 0.25) is 0 Å². The van der Waals surface area contributed by atoms with E-state index < -0.39 is 0 Å². The molecule has 1 aromatic carbocycles. The zero-order valence-electron chi connectivity index (χ0n) is 13.0. The molecule has 22 heavy (non-hydrogen) atoms. The number of aliphatic imine (C=N–C) groups is 1. The molecular weight excluding hydrogens is 389 g/mol. The van der Waals surface area contributed by atoms with Crippen LogP contribution in [0.1, 0.15) is 11.1 Å². The van der Waals surface area contributed by atoms with Gasteiger partial charge in [-0.15, -0.1) is 24.0 Å². The Hall–Kier alpha value is -1.57. The van der Waals surface area contributed by atoms with E-state index in [4.69, 9.17) is 0 Å². The van der Waals surface area contributed by atoms with Gasteiger partial charge in [-0.3, -0.25) is 9.67 Å². The average Bonchev–Trinajstić information content (AvgIpc) is 3.10. The third kappa shape index (κ3) is 3.60. The number of fused-ring (bicyclic) bond motifs is 1. The second kappa shape index (κ2) is 7.62. The molecule has 0 atom stereocenters. The maximum Gasteiger partial charge on any atom is 0.198 e. The highest BCUT2D eigenvalue weighted by Gasteiger charge is 2.21. The summed E-state index contributed by atoms with van der Waals surface area (Å²) in [6.45, 7) is 1.85. The normalized spacial score (nSPS) is 13.7. The minimum absolute atomic E-state index is 0. The first-order chi connectivity index (χ1) is 10.3. The Morgan fingerprint density at radius 1 is 1.36 bits per heavy atom. The number of hydrogen-bond acceptors (Lipinski definition) is 2. The lowest BCUT2D eigenvalue weighted by Gasteiger charge is -2.22. The van der Waals surface area contributed by atoms with Crippen LogP contribution in [-0.4, -0.2) is 35.9 Å². The monoisotopic (exact) mass is 411 g/mol. The molecule has 6 heteroatoms. The van der Waals surface area contributed by atoms with E-state index in [-0.39, 0.29) is 24.0 Å². The predicted molar refractivity (Wildman–Crippen MR) is 101 cm³/mol. The Kier molecular flexibility index (Phi) is 5.82. The molecule has 0 aliphatic carbocycles. The number of anilines is 1. The van der Waals surface area contributed by atoms with Crippen LogP contribution in [-0.2, 0) is 19.9 Å². The lowest BCUT2D eigenvalue weighted by atomic mass is 10.2. The van der Waals surface area contributed by atoms with Crippen LogP contribution in [0.2, 0.25) is 0 Å². The summed E-state index contributed by atoms with van der Waals surface area (Å²) >= 11 is 0. The van der Waals surface area contributed by atoms with Crippen molar-refractivity contribution in [1.82, 2.24) is 15.1 Å². The summed E-state index contributed by atoms with van der Waals surface area (Å²) in [4.78, 5) is 6.68. The lowest BCUT2D eigenvalue weighted by molar-refractivity contribution is 0.765. The highest BCUT2D eigenvalue weighted by atomic mass is 127. The number of aromatic nitrogens is 2. The summed E-state index contributed by atoms with van der Waals surface area (Å²) < 4.78 is 1.83. The van der Waals surface area contributed by atoms with Crippen LogP contribution in [0, 0.1) is 0 Å². The molecule has 0 fully saturated rings. The number of rotatable bonds is 3. The van der Waals surface area contributed by atoms with Gasteiger partial charge in [0, 0.05) is 39.1 Å². The van der Waals surface area contributed by atoms with Gasteiger partial charge in [0.15, 0.2) is 5.96 Å². The van der Waals surface area contributed by atoms with Gasteiger partial charge in [-0.1, -0.05) is 18.2 Å². The summed E-state index contributed by atoms with van der Waals surface area (Å²) in [5.41, 5.74) is 3.90. The van der Waals surface area contributed by atoms with Crippen LogP contribution in [0.25, 0.3) is 0 Å². The predicted octanol–water partition coefficient (Wildman–Crippen LogP) is 2.22. The summed E-state index contributed by atoms with van der Waals surface area (Å²) in [6.07, 6.45) is 5.99. The van der Waals surface area contributed by atoms with Crippen molar-refractivity contribution < 1.29 is 0 Å². The van der Waals surface area contributed by atoms with E-state index in [0.717, 1.165) is 31.9 Å². The second-order valence-electron chi connectivity index (χ2n) is 5.28. The zero-order chi connectivity index (χ0) is 14.7. The van der Waals surface area contributed by atoms with Crippen molar-refractivity contribution in [3.63, 3.8) is 0 Å². The first-order valence-corrected chi connectivity index (χ1v) is 7.31. The Balaban J connectivity index is 0.00000176. The molecular formula is C16H22IN5. The van der Waals surface area contributed by atoms with E-state index >= 15 is 0 Å². The Morgan fingerprint density at radius 3 is 2.91 bits per heavy atom. The largest absolute Gasteiger partial charge is 0.356 e. The Labute approximate surface area is 148 Å². The maximum absolute atomic E-state index is 4.42. The molecule has 2 aromatic rings. The number of benzene rings is 1. The average molecular weight is 411 g/mol. The molecule has 0 spiro atoms. The second-order valence-corrected chi connectivity index (χ2v) is 5.28. The van der Waals surface area contributed by atoms with Gasteiger partial charge in [-0.2, -0.15) is 5.10 Å². The molecule has 0 saturated heterocycles. The van der Waals surface area contributed by atoms with Crippen molar-refractivity contribution in [2.24, 2.45) is 12.0 Å². The number of aryl methyl sites for hydroxylation is 1. The van der Waals surface area contributed by atoms with Crippen molar-refractivity contribution in [3.8, 4) is 0 Å². The van der Waals surface area contributed by atoms with E-state index in [1.165, 1.54) is 16.8 Å². The van der Waals surface area contributed by atoms with Crippen LogP contribution in [0.4, 0.5) is 5.69 Å². The van der Waals surface area contributed by atoms with Gasteiger partial charge < -0.3 is 10.2 Å². The van der Waals surface area contributed by atoms with Crippen LogP contribution >= 0.6 is 24.0 Å². The fourth-order valence-corrected chi connectivity index (χ4v) is 2.77. The van der Waals surface area contributed by atoms with Gasteiger partial charge in [0.1, 0.15) is 0 Å². The molecule has 3 rings (SSSR count). The minimum Gasteiger partial charge on any atom is -0.356 e. The quantitative estimate of drug-likeness (QED) is 0.479. The van der Waals surface area contributed by atoms with Crippen LogP contribution in [0.3, 0.4) is 0 Å². The van der Waals surface area contributed by atoms with Crippen molar-refractivity contribution in [1.29, 1.82) is 0 Å². The SMILES string of the molecule is CN=C(NCCc1cnn(C)c1)N1CCc2ccccc21.I. The number of nitrogens with one attached hydrogen (secondary N) is 1. The van der Waals surface area contributed by atoms with Crippen molar-refractivity contribution in [2.45, 2.75) is 12.8 Å². The van der Waals surface area contributed by atoms with E-state index in [2.05, 4.69) is 50.8 Å². The molecule has 0 saturated carbocycles. The standard InChI is InChI=1S/C16H21N5.HI/c1-17-16(18-9-7-13-11-19-20(2)12-13)21-10-8-14-5-3-4-6-15(14)21;/h3-6,11-12H,7-10H2,1-2H3,(H,17,18);1H. The summed E-state index contributed by atoms with van der Waals surface area (Å²) in [7, 11) is 3.78. The van der Waals surface area contributed by atoms with Crippen LogP contribution < -0.4 is 10.2 Å². The van der Waals surface area contributed by atoms with Gasteiger partial charge in [-0.05, 0) is 30.0 Å². The highest BCUT2D eigenvalue weighted by Crippen LogP contribution is 2.27. The van der Waals surface area contributed by atoms with E-state index in [0.29, 0.717) is 0 Å². The van der Waals surface area contributed by atoms with Crippen molar-refractivity contribution in [3.05, 3.63) is 47.8 Å². The van der Waals surface area contributed by atoms with E-state index in [1.54, 1.807) is 0 Å². The molecule has 0 unspecified atom stereocenters. The summed E-state index contributed by atoms with van der Waals surface area (Å²) in [6, 6.07) is 8.54. The lowest BCUT2D eigenvalue weighted by Crippen LogP contribution is -2.41. The minimum atomic E-state index is 0. The number of halogens is 1. The number of nitrogens with zero attached hydrogens (tertiary/aromatic N) is 4. The van der Waals surface area contributed by atoms with Crippen molar-refractivity contribution in [2.75, 3.05) is 25.0 Å². The molecule has 0 radical (unpaired) electrons. The molecule has 2 heterocycles. The Morgan fingerprint density at radius 2 is 2.18 bits per heavy atom. The third-order valence-corrected chi connectivity index (χ3v) is 3.81. The number of hydrogen-bond donors (Lipinski definition) is 1. The van der Waals surface area contributed by atoms with Crippen molar-refractivity contribution >= 4 is 35.6 Å². The molecule has 1 aliphatic heterocycles. The maximum atomic E-state index is 4.42. The molecule has 5 nitrogen and oxygen atoms in total. The fourth-order valence-electron chi connectivity index (χ4n) is 2.77. The van der Waals surface area contributed by atoms with Gasteiger partial charge in [0.05, 0.1) is 6.20 Å². The Bertz CT molecular complexity index is 649. The third-order valence-electron chi connectivity index (χ3n) is 3.81. The molecule has 1 aliphatic rings. The molecule has 1 aromatic heterocycles. The van der Waals surface area contributed by atoms with Gasteiger partial charge in [0.25, 0.3) is 0 Å². The van der Waals surface area contributed by atoms with Gasteiger partial charge >= 0.3 is 0 Å². The summed E-state index contributed by atoms with van der Waals surface area (Å²) in [5, 5.41) is 7.64.